The molecular weight excluding hydrogens is 689 g/mol. The Morgan fingerprint density at radius 1 is 0.918 bits per heavy atom. The molecule has 0 saturated carbocycles. The molecule has 2 aliphatic rings. The Kier molecular flexibility index (Phi) is 11.0. The van der Waals surface area contributed by atoms with Crippen LogP contribution < -0.4 is 14.9 Å². The van der Waals surface area contributed by atoms with Gasteiger partial charge in [-0.15, -0.1) is 0 Å². The Morgan fingerprint density at radius 3 is 2.22 bits per heavy atom. The van der Waals surface area contributed by atoms with Crippen LogP contribution in [0.4, 0.5) is 16.2 Å². The first-order valence-electron chi connectivity index (χ1n) is 16.0. The summed E-state index contributed by atoms with van der Waals surface area (Å²) in [5, 5.41) is 3.67. The predicted molar refractivity (Wildman–Crippen MR) is 192 cm³/mol. The van der Waals surface area contributed by atoms with E-state index in [-0.39, 0.29) is 25.3 Å². The summed E-state index contributed by atoms with van der Waals surface area (Å²) < 4.78 is 32.2. The van der Waals surface area contributed by atoms with E-state index in [9.17, 15) is 22.8 Å². The third kappa shape index (κ3) is 9.37. The standard InChI is InChI=1S/C35H41Cl2N5O6S/c1-35(2,3)48-34(45)42-22-25-10-6-5-9-24(25)21-31(42)32(43)38-29(20-23-13-14-26(36)27(37)19-23)33(44)41-17-15-40(16-18-41)30-12-8-7-11-28(30)39-49(4,46)47/h5-14,19,29,31,39H,15-18,20-22H2,1-4H3,(H,38,43)/t29-,31+/m1/s1. The zero-order valence-electron chi connectivity index (χ0n) is 27.9. The molecule has 14 heteroatoms. The summed E-state index contributed by atoms with van der Waals surface area (Å²) >= 11 is 12.5. The maximum Gasteiger partial charge on any atom is 0.411 e. The molecule has 2 N–H and O–H groups in total. The second-order valence-corrected chi connectivity index (χ2v) is 15.9. The molecule has 1 saturated heterocycles. The van der Waals surface area contributed by atoms with E-state index >= 15 is 0 Å². The fourth-order valence-electron chi connectivity index (χ4n) is 6.06. The van der Waals surface area contributed by atoms with Crippen LogP contribution in [0.25, 0.3) is 0 Å². The molecule has 0 aliphatic carbocycles. The number of anilines is 2. The van der Waals surface area contributed by atoms with Gasteiger partial charge in [0.25, 0.3) is 0 Å². The molecule has 3 amide bonds. The first-order valence-corrected chi connectivity index (χ1v) is 18.6. The van der Waals surface area contributed by atoms with Gasteiger partial charge in [-0.1, -0.05) is 65.7 Å². The van der Waals surface area contributed by atoms with E-state index in [0.717, 1.165) is 17.4 Å². The summed E-state index contributed by atoms with van der Waals surface area (Å²) in [4.78, 5) is 46.9. The minimum atomic E-state index is -3.50. The maximum absolute atomic E-state index is 14.2. The Bertz CT molecular complexity index is 1820. The van der Waals surface area contributed by atoms with Gasteiger partial charge >= 0.3 is 6.09 Å². The fourth-order valence-corrected chi connectivity index (χ4v) is 6.96. The van der Waals surface area contributed by atoms with Crippen molar-refractivity contribution in [2.24, 2.45) is 0 Å². The molecule has 0 bridgehead atoms. The first-order chi connectivity index (χ1) is 23.1. The maximum atomic E-state index is 14.2. The largest absolute Gasteiger partial charge is 0.444 e. The number of hydrogen-bond donors (Lipinski definition) is 2. The molecule has 2 atom stereocenters. The molecule has 0 unspecified atom stereocenters. The number of piperazine rings is 1. The second-order valence-electron chi connectivity index (χ2n) is 13.3. The number of nitrogens with one attached hydrogen (secondary N) is 2. The van der Waals surface area contributed by atoms with E-state index < -0.39 is 39.7 Å². The van der Waals surface area contributed by atoms with Crippen LogP contribution in [0.15, 0.2) is 66.7 Å². The van der Waals surface area contributed by atoms with E-state index in [1.807, 2.05) is 41.3 Å². The molecule has 262 valence electrons. The van der Waals surface area contributed by atoms with Gasteiger partial charge in [-0.2, -0.15) is 0 Å². The average Bonchev–Trinajstić information content (AvgIpc) is 3.04. The lowest BCUT2D eigenvalue weighted by molar-refractivity contribution is -0.138. The van der Waals surface area contributed by atoms with Crippen molar-refractivity contribution in [1.29, 1.82) is 0 Å². The molecule has 3 aromatic rings. The molecule has 11 nitrogen and oxygen atoms in total. The van der Waals surface area contributed by atoms with Crippen molar-refractivity contribution in [1.82, 2.24) is 15.1 Å². The summed E-state index contributed by atoms with van der Waals surface area (Å²) in [7, 11) is -3.50. The highest BCUT2D eigenvalue weighted by Gasteiger charge is 2.39. The number of halogens is 2. The lowest BCUT2D eigenvalue weighted by Gasteiger charge is -2.39. The minimum Gasteiger partial charge on any atom is -0.444 e. The van der Waals surface area contributed by atoms with Crippen molar-refractivity contribution in [2.75, 3.05) is 42.1 Å². The summed E-state index contributed by atoms with van der Waals surface area (Å²) in [5.41, 5.74) is 2.96. The van der Waals surface area contributed by atoms with Gasteiger partial charge in [0.1, 0.15) is 17.7 Å². The van der Waals surface area contributed by atoms with Crippen LogP contribution >= 0.6 is 23.2 Å². The van der Waals surface area contributed by atoms with Gasteiger partial charge in [0.05, 0.1) is 34.2 Å². The van der Waals surface area contributed by atoms with Gasteiger partial charge in [-0.05, 0) is 61.7 Å². The monoisotopic (exact) mass is 729 g/mol. The molecule has 3 aromatic carbocycles. The van der Waals surface area contributed by atoms with Crippen LogP contribution in [0.2, 0.25) is 10.0 Å². The van der Waals surface area contributed by atoms with Gasteiger partial charge in [0.2, 0.25) is 21.8 Å². The average molecular weight is 731 g/mol. The van der Waals surface area contributed by atoms with Crippen LogP contribution in [-0.2, 0) is 43.7 Å². The van der Waals surface area contributed by atoms with Crippen molar-refractivity contribution in [3.63, 3.8) is 0 Å². The number of nitrogens with zero attached hydrogens (tertiary/aromatic N) is 3. The summed E-state index contributed by atoms with van der Waals surface area (Å²) in [6.07, 6.45) is 0.880. The Morgan fingerprint density at radius 2 is 1.57 bits per heavy atom. The van der Waals surface area contributed by atoms with Crippen LogP contribution in [0.5, 0.6) is 0 Å². The van der Waals surface area contributed by atoms with Crippen LogP contribution in [0, 0.1) is 0 Å². The molecule has 49 heavy (non-hydrogen) atoms. The molecule has 0 spiro atoms. The molecule has 2 aliphatic heterocycles. The van der Waals surface area contributed by atoms with Gasteiger partial charge in [0.15, 0.2) is 0 Å². The number of para-hydroxylation sites is 2. The van der Waals surface area contributed by atoms with Gasteiger partial charge in [0, 0.05) is 39.0 Å². The molecule has 2 heterocycles. The van der Waals surface area contributed by atoms with Crippen LogP contribution in [-0.4, -0.2) is 86.2 Å². The van der Waals surface area contributed by atoms with Crippen molar-refractivity contribution in [3.8, 4) is 0 Å². The van der Waals surface area contributed by atoms with Crippen LogP contribution in [0.3, 0.4) is 0 Å². The van der Waals surface area contributed by atoms with Crippen molar-refractivity contribution in [2.45, 2.75) is 57.8 Å². The summed E-state index contributed by atoms with van der Waals surface area (Å²) in [6.45, 7) is 7.04. The SMILES string of the molecule is CC(C)(C)OC(=O)N1Cc2ccccc2C[C@H]1C(=O)N[C@H](Cc1ccc(Cl)c(Cl)c1)C(=O)N1CCN(c2ccccc2NS(C)(=O)=O)CC1. The lowest BCUT2D eigenvalue weighted by atomic mass is 9.93. The van der Waals surface area contributed by atoms with Crippen LogP contribution in [0.1, 0.15) is 37.5 Å². The molecular formula is C35H41Cl2N5O6S. The first kappa shape index (κ1) is 36.3. The topological polar surface area (TPSA) is 128 Å². The van der Waals surface area contributed by atoms with E-state index in [4.69, 9.17) is 27.9 Å². The number of ether oxygens (including phenoxy) is 1. The van der Waals surface area contributed by atoms with E-state index in [1.54, 1.807) is 56.0 Å². The fraction of sp³-hybridized carbons (Fsp3) is 0.400. The normalized spacial score (nSPS) is 17.2. The number of rotatable bonds is 8. The number of carbonyl (C=O) groups excluding carboxylic acids is 3. The lowest BCUT2D eigenvalue weighted by Crippen LogP contribution is -2.59. The summed E-state index contributed by atoms with van der Waals surface area (Å²) in [6, 6.07) is 17.9. The molecule has 5 rings (SSSR count). The number of benzene rings is 3. The highest BCUT2D eigenvalue weighted by atomic mass is 35.5. The Balaban J connectivity index is 1.37. The highest BCUT2D eigenvalue weighted by Crippen LogP contribution is 2.29. The Hall–Kier alpha value is -4.00. The molecule has 0 aromatic heterocycles. The minimum absolute atomic E-state index is 0.137. The smallest absolute Gasteiger partial charge is 0.411 e. The van der Waals surface area contributed by atoms with E-state index in [2.05, 4.69) is 10.0 Å². The van der Waals surface area contributed by atoms with Crippen molar-refractivity contribution >= 4 is 62.5 Å². The Labute approximate surface area is 297 Å². The third-order valence-corrected chi connectivity index (χ3v) is 9.68. The zero-order chi connectivity index (χ0) is 35.5. The van der Waals surface area contributed by atoms with E-state index in [0.29, 0.717) is 53.2 Å². The van der Waals surface area contributed by atoms with Gasteiger partial charge in [-0.3, -0.25) is 19.2 Å². The molecule has 1 fully saturated rings. The third-order valence-electron chi connectivity index (χ3n) is 8.35. The van der Waals surface area contributed by atoms with Gasteiger partial charge in [-0.25, -0.2) is 13.2 Å². The molecule has 0 radical (unpaired) electrons. The zero-order valence-corrected chi connectivity index (χ0v) is 30.2. The number of fused-ring (bicyclic) bond motifs is 1. The quantitative estimate of drug-likeness (QED) is 0.330. The van der Waals surface area contributed by atoms with Gasteiger partial charge < -0.3 is 19.9 Å². The van der Waals surface area contributed by atoms with E-state index in [1.165, 1.54) is 4.90 Å². The second kappa shape index (κ2) is 14.9. The number of carbonyl (C=O) groups is 3. The number of hydrogen-bond acceptors (Lipinski definition) is 7. The van der Waals surface area contributed by atoms with Crippen molar-refractivity contribution < 1.29 is 27.5 Å². The predicted octanol–water partition coefficient (Wildman–Crippen LogP) is 5.10. The number of sulfonamides is 1. The number of amides is 3. The highest BCUT2D eigenvalue weighted by molar-refractivity contribution is 7.92. The van der Waals surface area contributed by atoms with Crippen molar-refractivity contribution in [3.05, 3.63) is 93.5 Å². The summed E-state index contributed by atoms with van der Waals surface area (Å²) in [5.74, 6) is -0.764.